The van der Waals surface area contributed by atoms with Crippen molar-refractivity contribution in [3.63, 3.8) is 0 Å². The van der Waals surface area contributed by atoms with E-state index in [4.69, 9.17) is 0 Å². The van der Waals surface area contributed by atoms with E-state index < -0.39 is 0 Å². The van der Waals surface area contributed by atoms with E-state index >= 15 is 0 Å². The quantitative estimate of drug-likeness (QED) is 0.573. The van der Waals surface area contributed by atoms with Gasteiger partial charge in [0.05, 0.1) is 0 Å². The SMILES string of the molecule is O=Cc1ccc(C=CCCS)cc1. The van der Waals surface area contributed by atoms with Gasteiger partial charge in [-0.15, -0.1) is 0 Å². The predicted molar refractivity (Wildman–Crippen MR) is 59.3 cm³/mol. The first kappa shape index (κ1) is 10.1. The normalized spacial score (nSPS) is 10.5. The van der Waals surface area contributed by atoms with Crippen LogP contribution in [0.3, 0.4) is 0 Å². The lowest BCUT2D eigenvalue weighted by Crippen LogP contribution is -1.78. The van der Waals surface area contributed by atoms with Gasteiger partial charge in [-0.3, -0.25) is 4.79 Å². The summed E-state index contributed by atoms with van der Waals surface area (Å²) >= 11 is 4.10. The summed E-state index contributed by atoms with van der Waals surface area (Å²) in [7, 11) is 0. The van der Waals surface area contributed by atoms with Crippen LogP contribution in [-0.4, -0.2) is 12.0 Å². The Morgan fingerprint density at radius 3 is 2.31 bits per heavy atom. The van der Waals surface area contributed by atoms with E-state index in [-0.39, 0.29) is 0 Å². The highest BCUT2D eigenvalue weighted by Crippen LogP contribution is 2.05. The van der Waals surface area contributed by atoms with Gasteiger partial charge in [-0.1, -0.05) is 36.4 Å². The molecule has 0 aliphatic rings. The van der Waals surface area contributed by atoms with Gasteiger partial charge in [0, 0.05) is 5.56 Å². The number of thiol groups is 1. The zero-order valence-electron chi connectivity index (χ0n) is 7.31. The minimum Gasteiger partial charge on any atom is -0.298 e. The van der Waals surface area contributed by atoms with Gasteiger partial charge in [-0.2, -0.15) is 12.6 Å². The van der Waals surface area contributed by atoms with Gasteiger partial charge in [0.15, 0.2) is 0 Å². The molecule has 0 bridgehead atoms. The van der Waals surface area contributed by atoms with E-state index in [0.29, 0.717) is 5.56 Å². The fourth-order valence-corrected chi connectivity index (χ4v) is 1.13. The first-order valence-electron chi connectivity index (χ1n) is 4.19. The maximum Gasteiger partial charge on any atom is 0.150 e. The fraction of sp³-hybridized carbons (Fsp3) is 0.182. The van der Waals surface area contributed by atoms with Gasteiger partial charge in [-0.25, -0.2) is 0 Å². The molecule has 0 saturated carbocycles. The molecule has 0 unspecified atom stereocenters. The van der Waals surface area contributed by atoms with Crippen LogP contribution >= 0.6 is 12.6 Å². The second-order valence-electron chi connectivity index (χ2n) is 2.70. The topological polar surface area (TPSA) is 17.1 Å². The van der Waals surface area contributed by atoms with Crippen molar-refractivity contribution in [2.45, 2.75) is 6.42 Å². The van der Waals surface area contributed by atoms with Crippen LogP contribution in [-0.2, 0) is 0 Å². The van der Waals surface area contributed by atoms with Crippen molar-refractivity contribution in [2.24, 2.45) is 0 Å². The third kappa shape index (κ3) is 3.47. The Labute approximate surface area is 83.9 Å². The molecule has 1 aromatic rings. The van der Waals surface area contributed by atoms with Gasteiger partial charge in [0.2, 0.25) is 0 Å². The average molecular weight is 192 g/mol. The third-order valence-corrected chi connectivity index (χ3v) is 1.94. The van der Waals surface area contributed by atoms with Crippen LogP contribution < -0.4 is 0 Å². The van der Waals surface area contributed by atoms with E-state index in [1.165, 1.54) is 0 Å². The minimum atomic E-state index is 0.714. The largest absolute Gasteiger partial charge is 0.298 e. The average Bonchev–Trinajstić information content (AvgIpc) is 2.19. The summed E-state index contributed by atoms with van der Waals surface area (Å²) in [5, 5.41) is 0. The van der Waals surface area contributed by atoms with Crippen molar-refractivity contribution in [3.05, 3.63) is 41.5 Å². The van der Waals surface area contributed by atoms with Crippen molar-refractivity contribution >= 4 is 25.0 Å². The monoisotopic (exact) mass is 192 g/mol. The summed E-state index contributed by atoms with van der Waals surface area (Å²) in [6.07, 6.45) is 5.92. The summed E-state index contributed by atoms with van der Waals surface area (Å²) < 4.78 is 0. The minimum absolute atomic E-state index is 0.714. The van der Waals surface area contributed by atoms with Crippen LogP contribution in [0.4, 0.5) is 0 Å². The number of carbonyl (C=O) groups is 1. The van der Waals surface area contributed by atoms with Gasteiger partial charge >= 0.3 is 0 Å². The van der Waals surface area contributed by atoms with Gasteiger partial charge in [0.1, 0.15) is 6.29 Å². The lowest BCUT2D eigenvalue weighted by molar-refractivity contribution is 0.112. The smallest absolute Gasteiger partial charge is 0.150 e. The lowest BCUT2D eigenvalue weighted by Gasteiger charge is -1.93. The van der Waals surface area contributed by atoms with Gasteiger partial charge in [0.25, 0.3) is 0 Å². The molecule has 0 N–H and O–H groups in total. The third-order valence-electron chi connectivity index (χ3n) is 1.68. The molecule has 0 saturated heterocycles. The summed E-state index contributed by atoms with van der Waals surface area (Å²) in [5.74, 6) is 0.864. The fourth-order valence-electron chi connectivity index (χ4n) is 0.980. The molecule has 0 spiro atoms. The van der Waals surface area contributed by atoms with E-state index in [9.17, 15) is 4.79 Å². The second-order valence-corrected chi connectivity index (χ2v) is 3.15. The Morgan fingerprint density at radius 1 is 1.15 bits per heavy atom. The Kier molecular flexibility index (Phi) is 4.33. The number of hydrogen-bond donors (Lipinski definition) is 1. The molecular weight excluding hydrogens is 180 g/mol. The molecule has 1 rings (SSSR count). The van der Waals surface area contributed by atoms with Crippen molar-refractivity contribution in [2.75, 3.05) is 5.75 Å². The van der Waals surface area contributed by atoms with E-state index in [0.717, 1.165) is 24.0 Å². The van der Waals surface area contributed by atoms with Crippen LogP contribution in [0.25, 0.3) is 6.08 Å². The predicted octanol–water partition coefficient (Wildman–Crippen LogP) is 2.83. The summed E-state index contributed by atoms with van der Waals surface area (Å²) in [6.45, 7) is 0. The first-order valence-corrected chi connectivity index (χ1v) is 4.82. The Morgan fingerprint density at radius 2 is 1.77 bits per heavy atom. The van der Waals surface area contributed by atoms with Crippen LogP contribution in [0, 0.1) is 0 Å². The van der Waals surface area contributed by atoms with Crippen molar-refractivity contribution < 1.29 is 4.79 Å². The summed E-state index contributed by atoms with van der Waals surface area (Å²) in [4.78, 5) is 10.4. The molecule has 0 aliphatic carbocycles. The maximum absolute atomic E-state index is 10.4. The molecule has 0 amide bonds. The number of carbonyl (C=O) groups excluding carboxylic acids is 1. The van der Waals surface area contributed by atoms with Crippen molar-refractivity contribution in [1.82, 2.24) is 0 Å². The number of aldehydes is 1. The maximum atomic E-state index is 10.4. The number of rotatable bonds is 4. The summed E-state index contributed by atoms with van der Waals surface area (Å²) in [6, 6.07) is 7.48. The molecule has 68 valence electrons. The van der Waals surface area contributed by atoms with E-state index in [2.05, 4.69) is 18.7 Å². The van der Waals surface area contributed by atoms with Gasteiger partial charge < -0.3 is 0 Å². The van der Waals surface area contributed by atoms with Crippen LogP contribution in [0.1, 0.15) is 22.3 Å². The molecule has 0 aliphatic heterocycles. The van der Waals surface area contributed by atoms with Crippen LogP contribution in [0.15, 0.2) is 30.3 Å². The van der Waals surface area contributed by atoms with Gasteiger partial charge in [-0.05, 0) is 17.7 Å². The first-order chi connectivity index (χ1) is 6.36. The molecular formula is C11H12OS. The highest BCUT2D eigenvalue weighted by Gasteiger charge is 1.88. The zero-order chi connectivity index (χ0) is 9.52. The molecule has 0 fully saturated rings. The standard InChI is InChI=1S/C11H12OS/c12-9-11-6-4-10(5-7-11)3-1-2-8-13/h1,3-7,9,13H,2,8H2. The molecule has 0 aromatic heterocycles. The highest BCUT2D eigenvalue weighted by molar-refractivity contribution is 7.80. The zero-order valence-corrected chi connectivity index (χ0v) is 8.21. The highest BCUT2D eigenvalue weighted by atomic mass is 32.1. The van der Waals surface area contributed by atoms with Crippen molar-refractivity contribution in [3.8, 4) is 0 Å². The molecule has 1 nitrogen and oxygen atoms in total. The Balaban J connectivity index is 2.63. The van der Waals surface area contributed by atoms with Crippen LogP contribution in [0.5, 0.6) is 0 Å². The number of benzene rings is 1. The van der Waals surface area contributed by atoms with Crippen LogP contribution in [0.2, 0.25) is 0 Å². The summed E-state index contributed by atoms with van der Waals surface area (Å²) in [5.41, 5.74) is 1.83. The molecule has 0 radical (unpaired) electrons. The second kappa shape index (κ2) is 5.60. The Hall–Kier alpha value is -1.02. The molecule has 0 atom stereocenters. The number of allylic oxidation sites excluding steroid dienone is 1. The van der Waals surface area contributed by atoms with E-state index in [1.807, 2.05) is 30.3 Å². The molecule has 13 heavy (non-hydrogen) atoms. The molecule has 2 heteroatoms. The molecule has 1 aromatic carbocycles. The van der Waals surface area contributed by atoms with Crippen molar-refractivity contribution in [1.29, 1.82) is 0 Å². The van der Waals surface area contributed by atoms with E-state index in [1.54, 1.807) is 0 Å². The molecule has 0 heterocycles. The lowest BCUT2D eigenvalue weighted by atomic mass is 10.1. The number of hydrogen-bond acceptors (Lipinski definition) is 2. The Bertz CT molecular complexity index is 287.